The second-order valence-electron chi connectivity index (χ2n) is 5.42. The van der Waals surface area contributed by atoms with Gasteiger partial charge in [0.15, 0.2) is 0 Å². The molecule has 0 radical (unpaired) electrons. The molecule has 0 aliphatic carbocycles. The van der Waals surface area contributed by atoms with Gasteiger partial charge in [-0.2, -0.15) is 0 Å². The van der Waals surface area contributed by atoms with E-state index < -0.39 is 0 Å². The molecule has 1 saturated heterocycles. The van der Waals surface area contributed by atoms with Gasteiger partial charge in [-0.05, 0) is 25.8 Å². The van der Waals surface area contributed by atoms with E-state index in [0.29, 0.717) is 36.8 Å². The van der Waals surface area contributed by atoms with Crippen molar-refractivity contribution >= 4 is 35.6 Å². The molecule has 0 aromatic carbocycles. The molecule has 130 valence electrons. The molecule has 1 aliphatic rings. The molecular formula is C15H24ClN3O3S. The summed E-state index contributed by atoms with van der Waals surface area (Å²) in [7, 11) is 1.57. The van der Waals surface area contributed by atoms with Gasteiger partial charge in [0.1, 0.15) is 10.6 Å². The number of methoxy groups -OCH3 is 1. The number of hydrogen-bond acceptors (Lipinski definition) is 5. The predicted molar refractivity (Wildman–Crippen MR) is 93.5 cm³/mol. The number of piperidine rings is 1. The number of ether oxygens (including phenoxy) is 1. The van der Waals surface area contributed by atoms with Crippen LogP contribution in [0.1, 0.15) is 27.4 Å². The molecule has 1 unspecified atom stereocenters. The first-order valence-corrected chi connectivity index (χ1v) is 8.30. The number of thiophene rings is 1. The van der Waals surface area contributed by atoms with Gasteiger partial charge in [0.2, 0.25) is 5.91 Å². The molecule has 2 heterocycles. The Bertz CT molecular complexity index is 550. The second-order valence-corrected chi connectivity index (χ2v) is 6.68. The number of carbonyl (C=O) groups excluding carboxylic acids is 2. The van der Waals surface area contributed by atoms with E-state index in [4.69, 9.17) is 10.5 Å². The topological polar surface area (TPSA) is 84.7 Å². The summed E-state index contributed by atoms with van der Waals surface area (Å²) >= 11 is 1.43. The molecule has 2 amide bonds. The highest BCUT2D eigenvalue weighted by Crippen LogP contribution is 2.31. The summed E-state index contributed by atoms with van der Waals surface area (Å²) in [4.78, 5) is 28.1. The SMILES string of the molecule is COc1cc(C)sc1C(=O)N1CCCC(C(=O)NCCN)C1.Cl. The Hall–Kier alpha value is -1.31. The molecule has 23 heavy (non-hydrogen) atoms. The molecular weight excluding hydrogens is 338 g/mol. The molecule has 1 aromatic rings. The number of aryl methyl sites for hydroxylation is 1. The van der Waals surface area contributed by atoms with Crippen LogP contribution in [0.3, 0.4) is 0 Å². The fourth-order valence-electron chi connectivity index (χ4n) is 2.65. The molecule has 0 bridgehead atoms. The van der Waals surface area contributed by atoms with Gasteiger partial charge in [0, 0.05) is 31.1 Å². The Balaban J connectivity index is 0.00000264. The molecule has 0 spiro atoms. The number of likely N-dealkylation sites (tertiary alicyclic amines) is 1. The van der Waals surface area contributed by atoms with Crippen molar-refractivity contribution < 1.29 is 14.3 Å². The quantitative estimate of drug-likeness (QED) is 0.830. The van der Waals surface area contributed by atoms with Crippen LogP contribution in [0.2, 0.25) is 0 Å². The van der Waals surface area contributed by atoms with Gasteiger partial charge in [-0.1, -0.05) is 0 Å². The summed E-state index contributed by atoms with van der Waals surface area (Å²) in [5.74, 6) is 0.391. The van der Waals surface area contributed by atoms with Crippen molar-refractivity contribution in [3.05, 3.63) is 15.8 Å². The molecule has 1 fully saturated rings. The molecule has 3 N–H and O–H groups in total. The smallest absolute Gasteiger partial charge is 0.267 e. The van der Waals surface area contributed by atoms with Gasteiger partial charge < -0.3 is 20.7 Å². The first kappa shape index (κ1) is 19.7. The standard InChI is InChI=1S/C15H23N3O3S.ClH/c1-10-8-12(21-2)13(22-10)15(20)18-7-3-4-11(9-18)14(19)17-6-5-16;/h8,11H,3-7,9,16H2,1-2H3,(H,17,19);1H. The summed E-state index contributed by atoms with van der Waals surface area (Å²) in [6, 6.07) is 1.87. The van der Waals surface area contributed by atoms with Crippen LogP contribution in [0.4, 0.5) is 0 Å². The molecule has 6 nitrogen and oxygen atoms in total. The monoisotopic (exact) mass is 361 g/mol. The highest BCUT2D eigenvalue weighted by molar-refractivity contribution is 7.14. The molecule has 2 rings (SSSR count). The zero-order chi connectivity index (χ0) is 16.1. The molecule has 1 atom stereocenters. The largest absolute Gasteiger partial charge is 0.495 e. The lowest BCUT2D eigenvalue weighted by atomic mass is 9.97. The van der Waals surface area contributed by atoms with Gasteiger partial charge in [-0.3, -0.25) is 9.59 Å². The fourth-order valence-corrected chi connectivity index (χ4v) is 3.60. The Morgan fingerprint density at radius 3 is 2.91 bits per heavy atom. The van der Waals surface area contributed by atoms with Crippen molar-refractivity contribution in [3.8, 4) is 5.75 Å². The molecule has 8 heteroatoms. The minimum atomic E-state index is -0.156. The van der Waals surface area contributed by atoms with Crippen molar-refractivity contribution in [1.82, 2.24) is 10.2 Å². The highest BCUT2D eigenvalue weighted by atomic mass is 35.5. The van der Waals surface area contributed by atoms with Gasteiger partial charge >= 0.3 is 0 Å². The van der Waals surface area contributed by atoms with Crippen LogP contribution in [0, 0.1) is 12.8 Å². The molecule has 1 aliphatic heterocycles. The van der Waals surface area contributed by atoms with Crippen LogP contribution in [0.15, 0.2) is 6.07 Å². The number of nitrogens with two attached hydrogens (primary N) is 1. The van der Waals surface area contributed by atoms with E-state index in [2.05, 4.69) is 5.32 Å². The maximum atomic E-state index is 12.7. The van der Waals surface area contributed by atoms with Crippen LogP contribution < -0.4 is 15.8 Å². The minimum Gasteiger partial charge on any atom is -0.495 e. The van der Waals surface area contributed by atoms with Crippen molar-refractivity contribution in [2.75, 3.05) is 33.3 Å². The van der Waals surface area contributed by atoms with E-state index in [-0.39, 0.29) is 30.1 Å². The average molecular weight is 362 g/mol. The van der Waals surface area contributed by atoms with Crippen molar-refractivity contribution in [3.63, 3.8) is 0 Å². The van der Waals surface area contributed by atoms with E-state index in [1.165, 1.54) is 11.3 Å². The van der Waals surface area contributed by atoms with Crippen molar-refractivity contribution in [2.45, 2.75) is 19.8 Å². The van der Waals surface area contributed by atoms with E-state index in [0.717, 1.165) is 17.7 Å². The zero-order valence-corrected chi connectivity index (χ0v) is 15.1. The summed E-state index contributed by atoms with van der Waals surface area (Å²) in [6.45, 7) is 3.98. The van der Waals surface area contributed by atoms with E-state index in [1.807, 2.05) is 13.0 Å². The number of amides is 2. The zero-order valence-electron chi connectivity index (χ0n) is 13.5. The number of nitrogens with zero attached hydrogens (tertiary/aromatic N) is 1. The third-order valence-corrected chi connectivity index (χ3v) is 4.78. The van der Waals surface area contributed by atoms with E-state index in [1.54, 1.807) is 12.0 Å². The Labute approximate surface area is 146 Å². The van der Waals surface area contributed by atoms with Crippen molar-refractivity contribution in [1.29, 1.82) is 0 Å². The van der Waals surface area contributed by atoms with Crippen LogP contribution >= 0.6 is 23.7 Å². The van der Waals surface area contributed by atoms with Gasteiger partial charge in [-0.25, -0.2) is 0 Å². The Morgan fingerprint density at radius 1 is 1.52 bits per heavy atom. The number of rotatable bonds is 5. The lowest BCUT2D eigenvalue weighted by Gasteiger charge is -2.31. The predicted octanol–water partition coefficient (Wildman–Crippen LogP) is 1.41. The number of carbonyl (C=O) groups is 2. The van der Waals surface area contributed by atoms with Gasteiger partial charge in [-0.15, -0.1) is 23.7 Å². The number of halogens is 1. The molecule has 0 saturated carbocycles. The fraction of sp³-hybridized carbons (Fsp3) is 0.600. The summed E-state index contributed by atoms with van der Waals surface area (Å²) < 4.78 is 5.28. The highest BCUT2D eigenvalue weighted by Gasteiger charge is 2.30. The number of nitrogens with one attached hydrogen (secondary N) is 1. The first-order chi connectivity index (χ1) is 10.6. The van der Waals surface area contributed by atoms with Gasteiger partial charge in [0.05, 0.1) is 13.0 Å². The average Bonchev–Trinajstić information content (AvgIpc) is 2.92. The third kappa shape index (κ3) is 4.83. The number of hydrogen-bond donors (Lipinski definition) is 2. The lowest BCUT2D eigenvalue weighted by Crippen LogP contribution is -2.46. The summed E-state index contributed by atoms with van der Waals surface area (Å²) in [5, 5.41) is 2.80. The van der Waals surface area contributed by atoms with Crippen LogP contribution in [0.25, 0.3) is 0 Å². The van der Waals surface area contributed by atoms with Crippen molar-refractivity contribution in [2.24, 2.45) is 11.7 Å². The van der Waals surface area contributed by atoms with Crippen LogP contribution in [-0.2, 0) is 4.79 Å². The van der Waals surface area contributed by atoms with E-state index in [9.17, 15) is 9.59 Å². The van der Waals surface area contributed by atoms with E-state index >= 15 is 0 Å². The Kier molecular flexibility index (Phi) is 7.81. The third-order valence-electron chi connectivity index (χ3n) is 3.76. The normalized spacial score (nSPS) is 17.3. The Morgan fingerprint density at radius 2 is 2.26 bits per heavy atom. The minimum absolute atomic E-state index is 0. The van der Waals surface area contributed by atoms with Crippen LogP contribution in [0.5, 0.6) is 5.75 Å². The summed E-state index contributed by atoms with van der Waals surface area (Å²) in [5.41, 5.74) is 5.40. The summed E-state index contributed by atoms with van der Waals surface area (Å²) in [6.07, 6.45) is 1.64. The molecule has 1 aromatic heterocycles. The van der Waals surface area contributed by atoms with Crippen LogP contribution in [-0.4, -0.2) is 50.0 Å². The maximum Gasteiger partial charge on any atom is 0.267 e. The lowest BCUT2D eigenvalue weighted by molar-refractivity contribution is -0.126. The first-order valence-electron chi connectivity index (χ1n) is 7.48. The maximum absolute atomic E-state index is 12.7. The second kappa shape index (κ2) is 9.10. The van der Waals surface area contributed by atoms with Gasteiger partial charge in [0.25, 0.3) is 5.91 Å².